The number of hydrogen-bond donors (Lipinski definition) is 1. The highest BCUT2D eigenvalue weighted by atomic mass is 32.2. The van der Waals surface area contributed by atoms with E-state index in [-0.39, 0.29) is 6.04 Å². The summed E-state index contributed by atoms with van der Waals surface area (Å²) in [7, 11) is -3.10. The molecule has 1 fully saturated rings. The summed E-state index contributed by atoms with van der Waals surface area (Å²) in [4.78, 5) is 22.2. The van der Waals surface area contributed by atoms with Gasteiger partial charge in [0.2, 0.25) is 10.0 Å². The molecule has 2 N–H and O–H groups in total. The highest BCUT2D eigenvalue weighted by Gasteiger charge is 2.34. The first-order valence-electron chi connectivity index (χ1n) is 5.91. The summed E-state index contributed by atoms with van der Waals surface area (Å²) < 4.78 is 36.8. The van der Waals surface area contributed by atoms with Gasteiger partial charge in [0.1, 0.15) is 4.90 Å². The maximum atomic E-state index is 14.2. The van der Waals surface area contributed by atoms with Crippen LogP contribution in [-0.4, -0.2) is 37.2 Å². The van der Waals surface area contributed by atoms with Gasteiger partial charge in [0.15, 0.2) is 5.82 Å². The van der Waals surface area contributed by atoms with Gasteiger partial charge in [-0.25, -0.2) is 17.9 Å². The summed E-state index contributed by atoms with van der Waals surface area (Å²) in [5.74, 6) is -2.19. The minimum atomic E-state index is -4.53. The molecule has 0 heterocycles. The number of carbonyl (C=O) groups is 1. The lowest BCUT2D eigenvalue weighted by molar-refractivity contribution is -0.385. The molecule has 1 amide bonds. The molecule has 0 spiro atoms. The zero-order valence-corrected chi connectivity index (χ0v) is 11.8. The second-order valence-corrected chi connectivity index (χ2v) is 6.28. The molecule has 0 saturated heterocycles. The number of non-ortho nitro benzene ring substituents is 1. The number of carbonyl (C=O) groups excluding carboxylic acids is 1. The van der Waals surface area contributed by atoms with Gasteiger partial charge in [-0.15, -0.1) is 0 Å². The molecular weight excluding hydrogens is 305 g/mol. The second kappa shape index (κ2) is 5.04. The number of hydrogen-bond acceptors (Lipinski definition) is 5. The van der Waals surface area contributed by atoms with Crippen molar-refractivity contribution in [3.8, 4) is 0 Å². The first kappa shape index (κ1) is 15.3. The summed E-state index contributed by atoms with van der Waals surface area (Å²) in [6, 6.07) is 1.15. The largest absolute Gasteiger partial charge is 0.339 e. The van der Waals surface area contributed by atoms with Crippen molar-refractivity contribution >= 4 is 21.6 Å². The van der Waals surface area contributed by atoms with Crippen molar-refractivity contribution in [1.82, 2.24) is 4.90 Å². The number of halogens is 1. The van der Waals surface area contributed by atoms with Gasteiger partial charge in [-0.3, -0.25) is 14.9 Å². The average molecular weight is 317 g/mol. The molecule has 1 saturated carbocycles. The number of primary sulfonamides is 1. The highest BCUT2D eigenvalue weighted by Crippen LogP contribution is 2.30. The Labute approximate surface area is 119 Å². The van der Waals surface area contributed by atoms with Gasteiger partial charge in [0, 0.05) is 25.2 Å². The van der Waals surface area contributed by atoms with Gasteiger partial charge in [-0.2, -0.15) is 0 Å². The average Bonchev–Trinajstić information content (AvgIpc) is 3.19. The molecule has 0 aliphatic heterocycles. The highest BCUT2D eigenvalue weighted by molar-refractivity contribution is 7.89. The fourth-order valence-corrected chi connectivity index (χ4v) is 2.51. The van der Waals surface area contributed by atoms with Crippen LogP contribution < -0.4 is 5.14 Å². The van der Waals surface area contributed by atoms with Gasteiger partial charge in [0.05, 0.1) is 10.5 Å². The minimum absolute atomic E-state index is 0.0610. The molecule has 0 radical (unpaired) electrons. The third kappa shape index (κ3) is 3.00. The molecule has 114 valence electrons. The lowest BCUT2D eigenvalue weighted by atomic mass is 10.1. The normalized spacial score (nSPS) is 14.8. The van der Waals surface area contributed by atoms with Gasteiger partial charge in [0.25, 0.3) is 11.6 Å². The van der Waals surface area contributed by atoms with Crippen LogP contribution in [0.4, 0.5) is 10.1 Å². The van der Waals surface area contributed by atoms with Crippen LogP contribution in [0.3, 0.4) is 0 Å². The van der Waals surface area contributed by atoms with Gasteiger partial charge in [-0.1, -0.05) is 0 Å². The van der Waals surface area contributed by atoms with E-state index in [9.17, 15) is 27.7 Å². The molecule has 1 aromatic rings. The minimum Gasteiger partial charge on any atom is -0.339 e. The quantitative estimate of drug-likeness (QED) is 0.644. The molecule has 1 aliphatic rings. The summed E-state index contributed by atoms with van der Waals surface area (Å²) >= 11 is 0. The van der Waals surface area contributed by atoms with Crippen LogP contribution in [0.1, 0.15) is 23.2 Å². The standard InChI is InChI=1S/C11H12FN3O5S/c1-14(6-2-3-6)11(16)8-4-7(15(17)18)5-9(10(8)12)21(13,19)20/h4-6H,2-3H2,1H3,(H2,13,19,20). The SMILES string of the molecule is CN(C(=O)c1cc([N+](=O)[O-])cc(S(N)(=O)=O)c1F)C1CC1. The van der Waals surface area contributed by atoms with Crippen LogP contribution >= 0.6 is 0 Å². The molecule has 8 nitrogen and oxygen atoms in total. The molecule has 0 aromatic heterocycles. The molecule has 10 heteroatoms. The Hall–Kier alpha value is -2.07. The van der Waals surface area contributed by atoms with Crippen LogP contribution in [0.25, 0.3) is 0 Å². The topological polar surface area (TPSA) is 124 Å². The molecule has 2 rings (SSSR count). The smallest absolute Gasteiger partial charge is 0.271 e. The molecular formula is C11H12FN3O5S. The Morgan fingerprint density at radius 1 is 1.48 bits per heavy atom. The Balaban J connectivity index is 2.61. The van der Waals surface area contributed by atoms with Crippen molar-refractivity contribution in [3.63, 3.8) is 0 Å². The van der Waals surface area contributed by atoms with Gasteiger partial charge < -0.3 is 4.90 Å². The Kier molecular flexibility index (Phi) is 3.68. The first-order valence-corrected chi connectivity index (χ1v) is 7.45. The van der Waals surface area contributed by atoms with Crippen LogP contribution in [0, 0.1) is 15.9 Å². The van der Waals surface area contributed by atoms with Crippen molar-refractivity contribution in [2.75, 3.05) is 7.05 Å². The van der Waals surface area contributed by atoms with Crippen molar-refractivity contribution in [1.29, 1.82) is 0 Å². The maximum Gasteiger partial charge on any atom is 0.271 e. The molecule has 0 unspecified atom stereocenters. The van der Waals surface area contributed by atoms with Crippen LogP contribution in [0.2, 0.25) is 0 Å². The fourth-order valence-electron chi connectivity index (χ4n) is 1.87. The first-order chi connectivity index (χ1) is 9.62. The second-order valence-electron chi connectivity index (χ2n) is 4.75. The summed E-state index contributed by atoms with van der Waals surface area (Å²) in [5, 5.41) is 15.6. The van der Waals surface area contributed by atoms with E-state index in [2.05, 4.69) is 0 Å². The third-order valence-corrected chi connectivity index (χ3v) is 4.10. The fraction of sp³-hybridized carbons (Fsp3) is 0.364. The number of nitrogens with two attached hydrogens (primary N) is 1. The van der Waals surface area contributed by atoms with E-state index in [0.29, 0.717) is 12.1 Å². The van der Waals surface area contributed by atoms with Crippen molar-refractivity contribution in [3.05, 3.63) is 33.6 Å². The van der Waals surface area contributed by atoms with E-state index in [1.54, 1.807) is 0 Å². The van der Waals surface area contributed by atoms with Crippen molar-refractivity contribution in [2.24, 2.45) is 5.14 Å². The van der Waals surface area contributed by atoms with E-state index in [1.165, 1.54) is 11.9 Å². The predicted molar refractivity (Wildman–Crippen MR) is 69.5 cm³/mol. The third-order valence-electron chi connectivity index (χ3n) is 3.19. The van der Waals surface area contributed by atoms with E-state index >= 15 is 0 Å². The number of nitrogens with zero attached hydrogens (tertiary/aromatic N) is 2. The Bertz CT molecular complexity index is 730. The number of sulfonamides is 1. The van der Waals surface area contributed by atoms with Crippen LogP contribution in [0.5, 0.6) is 0 Å². The Morgan fingerprint density at radius 2 is 2.05 bits per heavy atom. The molecule has 1 aromatic carbocycles. The Morgan fingerprint density at radius 3 is 2.48 bits per heavy atom. The van der Waals surface area contributed by atoms with E-state index < -0.39 is 42.8 Å². The zero-order chi connectivity index (χ0) is 15.9. The summed E-state index contributed by atoms with van der Waals surface area (Å²) in [5.41, 5.74) is -1.39. The van der Waals surface area contributed by atoms with Gasteiger partial charge in [-0.05, 0) is 12.8 Å². The van der Waals surface area contributed by atoms with E-state index in [1.807, 2.05) is 0 Å². The summed E-state index contributed by atoms with van der Waals surface area (Å²) in [6.07, 6.45) is 1.50. The maximum absolute atomic E-state index is 14.2. The number of nitro groups is 1. The number of amides is 1. The van der Waals surface area contributed by atoms with Crippen molar-refractivity contribution in [2.45, 2.75) is 23.8 Å². The van der Waals surface area contributed by atoms with Crippen LogP contribution in [-0.2, 0) is 10.0 Å². The number of rotatable bonds is 4. The lowest BCUT2D eigenvalue weighted by Crippen LogP contribution is -2.30. The molecule has 0 atom stereocenters. The predicted octanol–water partition coefficient (Wildman–Crippen LogP) is 0.616. The number of nitro benzene ring substituents is 1. The zero-order valence-electron chi connectivity index (χ0n) is 10.9. The molecule has 21 heavy (non-hydrogen) atoms. The van der Waals surface area contributed by atoms with E-state index in [4.69, 9.17) is 5.14 Å². The monoisotopic (exact) mass is 317 g/mol. The van der Waals surface area contributed by atoms with Gasteiger partial charge >= 0.3 is 0 Å². The molecule has 1 aliphatic carbocycles. The molecule has 0 bridgehead atoms. The summed E-state index contributed by atoms with van der Waals surface area (Å²) in [6.45, 7) is 0. The number of benzene rings is 1. The van der Waals surface area contributed by atoms with Crippen molar-refractivity contribution < 1.29 is 22.5 Å². The van der Waals surface area contributed by atoms with Crippen LogP contribution in [0.15, 0.2) is 17.0 Å². The van der Waals surface area contributed by atoms with E-state index in [0.717, 1.165) is 12.8 Å². The lowest BCUT2D eigenvalue weighted by Gasteiger charge is -2.17.